The van der Waals surface area contributed by atoms with Gasteiger partial charge >= 0.3 is 0 Å². The summed E-state index contributed by atoms with van der Waals surface area (Å²) in [5, 5.41) is 0. The first-order chi connectivity index (χ1) is 9.24. The van der Waals surface area contributed by atoms with Gasteiger partial charge in [0.25, 0.3) is 0 Å². The molecular formula is C13H17NO3S2. The van der Waals surface area contributed by atoms with Crippen molar-refractivity contribution in [3.8, 4) is 5.75 Å². The van der Waals surface area contributed by atoms with Crippen molar-refractivity contribution in [3.63, 3.8) is 0 Å². The number of rotatable bonds is 8. The maximum absolute atomic E-state index is 5.70. The van der Waals surface area contributed by atoms with E-state index in [-0.39, 0.29) is 0 Å². The predicted molar refractivity (Wildman–Crippen MR) is 79.4 cm³/mol. The van der Waals surface area contributed by atoms with E-state index in [1.807, 2.05) is 18.2 Å². The second-order valence-electron chi connectivity index (χ2n) is 3.38. The van der Waals surface area contributed by atoms with Crippen molar-refractivity contribution in [1.82, 2.24) is 0 Å². The zero-order chi connectivity index (χ0) is 14.1. The molecule has 1 rings (SSSR count). The van der Waals surface area contributed by atoms with Crippen LogP contribution in [0.3, 0.4) is 0 Å². The number of nitrogens with two attached hydrogens (primary N) is 1. The van der Waals surface area contributed by atoms with Crippen molar-refractivity contribution in [2.45, 2.75) is 9.79 Å². The van der Waals surface area contributed by atoms with E-state index in [0.29, 0.717) is 13.2 Å². The van der Waals surface area contributed by atoms with Crippen molar-refractivity contribution < 1.29 is 13.1 Å². The third-order valence-corrected chi connectivity index (χ3v) is 3.44. The minimum atomic E-state index is 0.369. The minimum absolute atomic E-state index is 0.369. The van der Waals surface area contributed by atoms with Crippen LogP contribution in [0, 0.1) is 0 Å². The first-order valence-electron chi connectivity index (χ1n) is 5.51. The molecule has 0 unspecified atom stereocenters. The molecule has 104 valence electrons. The molecule has 1 aromatic rings. The minimum Gasteiger partial charge on any atom is -0.487 e. The normalized spacial score (nSPS) is 10.1. The zero-order valence-electron chi connectivity index (χ0n) is 11.0. The molecule has 0 aliphatic heterocycles. The molecule has 6 heteroatoms. The summed E-state index contributed by atoms with van der Waals surface area (Å²) in [4.78, 5) is 1.86. The highest BCUT2D eigenvalue weighted by Crippen LogP contribution is 2.34. The fraction of sp³-hybridized carbons (Fsp3) is 0.308. The van der Waals surface area contributed by atoms with Gasteiger partial charge in [0.1, 0.15) is 12.4 Å². The molecule has 4 nitrogen and oxygen atoms in total. The van der Waals surface area contributed by atoms with E-state index in [1.165, 1.54) is 24.1 Å². The average Bonchev–Trinajstić information content (AvgIpc) is 2.42. The van der Waals surface area contributed by atoms with E-state index < -0.39 is 0 Å². The van der Waals surface area contributed by atoms with Gasteiger partial charge in [-0.2, -0.15) is 0 Å². The molecule has 2 N–H and O–H groups in total. The predicted octanol–water partition coefficient (Wildman–Crippen LogP) is 3.04. The van der Waals surface area contributed by atoms with E-state index in [9.17, 15) is 0 Å². The molecule has 0 fully saturated rings. The second-order valence-corrected chi connectivity index (χ2v) is 5.29. The Balaban J connectivity index is 2.83. The molecule has 0 aliphatic carbocycles. The molecule has 19 heavy (non-hydrogen) atoms. The van der Waals surface area contributed by atoms with Crippen LogP contribution in [0.4, 0.5) is 0 Å². The van der Waals surface area contributed by atoms with Gasteiger partial charge in [0.15, 0.2) is 0 Å². The zero-order valence-corrected chi connectivity index (χ0v) is 12.6. The highest BCUT2D eigenvalue weighted by atomic mass is 32.2. The number of hydrogen-bond acceptors (Lipinski definition) is 6. The highest BCUT2D eigenvalue weighted by Gasteiger charge is 2.08. The molecule has 0 atom stereocenters. The van der Waals surface area contributed by atoms with E-state index in [0.717, 1.165) is 21.1 Å². The van der Waals surface area contributed by atoms with Crippen LogP contribution in [-0.2, 0) is 8.37 Å². The Hall–Kier alpha value is -0.880. The lowest BCUT2D eigenvalue weighted by molar-refractivity contribution is 0.341. The second kappa shape index (κ2) is 9.09. The van der Waals surface area contributed by atoms with Crippen LogP contribution in [-0.4, -0.2) is 27.4 Å². The maximum atomic E-state index is 5.70. The molecule has 1 aromatic carbocycles. The van der Waals surface area contributed by atoms with Crippen molar-refractivity contribution in [1.29, 1.82) is 0 Å². The van der Waals surface area contributed by atoms with Crippen molar-refractivity contribution >= 4 is 24.1 Å². The quantitative estimate of drug-likeness (QED) is 0.588. The van der Waals surface area contributed by atoms with E-state index >= 15 is 0 Å². The summed E-state index contributed by atoms with van der Waals surface area (Å²) in [6.07, 6.45) is 0. The molecular weight excluding hydrogens is 282 g/mol. The number of hydrogen-bond donors (Lipinski definition) is 1. The summed E-state index contributed by atoms with van der Waals surface area (Å²) < 4.78 is 15.8. The van der Waals surface area contributed by atoms with E-state index in [2.05, 4.69) is 12.3 Å². The van der Waals surface area contributed by atoms with Crippen LogP contribution in [0.15, 0.2) is 45.9 Å². The Bertz CT molecular complexity index is 459. The molecule has 0 bridgehead atoms. The summed E-state index contributed by atoms with van der Waals surface area (Å²) >= 11 is 2.52. The van der Waals surface area contributed by atoms with E-state index in [1.54, 1.807) is 14.2 Å². The van der Waals surface area contributed by atoms with Crippen molar-refractivity contribution in [2.24, 2.45) is 5.73 Å². The van der Waals surface area contributed by atoms with Gasteiger partial charge in [0.2, 0.25) is 0 Å². The smallest absolute Gasteiger partial charge is 0.135 e. The lowest BCUT2D eigenvalue weighted by atomic mass is 10.3. The number of ether oxygens (including phenoxy) is 1. The Labute approximate surface area is 122 Å². The fourth-order valence-corrected chi connectivity index (χ4v) is 2.38. The molecule has 0 aliphatic rings. The lowest BCUT2D eigenvalue weighted by Crippen LogP contribution is -2.10. The first kappa shape index (κ1) is 16.2. The summed E-state index contributed by atoms with van der Waals surface area (Å²) in [6, 6.07) is 5.74. The van der Waals surface area contributed by atoms with Gasteiger partial charge in [0, 0.05) is 41.1 Å². The third kappa shape index (κ3) is 5.32. The van der Waals surface area contributed by atoms with Gasteiger partial charge in [-0.15, -0.1) is 5.73 Å². The largest absolute Gasteiger partial charge is 0.487 e. The lowest BCUT2D eigenvalue weighted by Gasteiger charge is -2.11. The Kier molecular flexibility index (Phi) is 7.74. The highest BCUT2D eigenvalue weighted by molar-refractivity contribution is 7.95. The Morgan fingerprint density at radius 1 is 1.32 bits per heavy atom. The molecule has 0 saturated heterocycles. The summed E-state index contributed by atoms with van der Waals surface area (Å²) in [5.74, 6) is 0.730. The summed E-state index contributed by atoms with van der Waals surface area (Å²) in [6.45, 7) is 4.32. The van der Waals surface area contributed by atoms with Crippen LogP contribution >= 0.6 is 24.1 Å². The van der Waals surface area contributed by atoms with Crippen LogP contribution in [0.5, 0.6) is 5.75 Å². The summed E-state index contributed by atoms with van der Waals surface area (Å²) in [7, 11) is 3.24. The molecule has 0 spiro atoms. The van der Waals surface area contributed by atoms with Crippen molar-refractivity contribution in [2.75, 3.05) is 27.4 Å². The van der Waals surface area contributed by atoms with Crippen LogP contribution in [0.1, 0.15) is 0 Å². The van der Waals surface area contributed by atoms with Crippen LogP contribution in [0.25, 0.3) is 0 Å². The molecule has 0 aromatic heterocycles. The van der Waals surface area contributed by atoms with Gasteiger partial charge in [-0.1, -0.05) is 6.58 Å². The average molecular weight is 299 g/mol. The Morgan fingerprint density at radius 2 is 2.05 bits per heavy atom. The topological polar surface area (TPSA) is 53.7 Å². The SMILES string of the molecule is C=C=C(CN)COc1ccc(SOC)cc1SOC. The van der Waals surface area contributed by atoms with Gasteiger partial charge in [-0.05, 0) is 18.2 Å². The fourth-order valence-electron chi connectivity index (χ4n) is 1.26. The van der Waals surface area contributed by atoms with Gasteiger partial charge in [-0.25, -0.2) is 0 Å². The molecule has 0 radical (unpaired) electrons. The van der Waals surface area contributed by atoms with Gasteiger partial charge in [0.05, 0.1) is 19.1 Å². The van der Waals surface area contributed by atoms with Crippen LogP contribution in [0.2, 0.25) is 0 Å². The van der Waals surface area contributed by atoms with E-state index in [4.69, 9.17) is 18.8 Å². The molecule has 0 amide bonds. The molecule has 0 heterocycles. The number of benzene rings is 1. The standard InChI is InChI=1S/C13H17NO3S2/c1-4-10(8-14)9-17-12-6-5-11(18-15-2)7-13(12)19-16-3/h5-7H,1,8-9,14H2,2-3H3. The maximum Gasteiger partial charge on any atom is 0.135 e. The first-order valence-corrected chi connectivity index (χ1v) is 6.99. The summed E-state index contributed by atoms with van der Waals surface area (Å²) in [5.41, 5.74) is 9.12. The molecule has 0 saturated carbocycles. The van der Waals surface area contributed by atoms with Gasteiger partial charge < -0.3 is 18.8 Å². The Morgan fingerprint density at radius 3 is 2.63 bits per heavy atom. The van der Waals surface area contributed by atoms with Gasteiger partial charge in [-0.3, -0.25) is 0 Å². The van der Waals surface area contributed by atoms with Crippen molar-refractivity contribution in [3.05, 3.63) is 36.1 Å². The van der Waals surface area contributed by atoms with Crippen LogP contribution < -0.4 is 10.5 Å². The third-order valence-electron chi connectivity index (χ3n) is 2.17. The monoisotopic (exact) mass is 299 g/mol.